The van der Waals surface area contributed by atoms with E-state index >= 15 is 0 Å². The number of nitrogens with one attached hydrogen (secondary N) is 2. The molecule has 0 bridgehead atoms. The molecule has 92 valence electrons. The lowest BCUT2D eigenvalue weighted by atomic mass is 10.1. The van der Waals surface area contributed by atoms with Crippen LogP contribution in [-0.4, -0.2) is 29.5 Å². The zero-order valence-corrected chi connectivity index (χ0v) is 10.4. The molecule has 2 rings (SSSR count). The lowest BCUT2D eigenvalue weighted by molar-refractivity contribution is 0.0934. The topological polar surface area (TPSA) is 54.0 Å². The van der Waals surface area contributed by atoms with Gasteiger partial charge in [0.05, 0.1) is 5.56 Å². The second-order valence-electron chi connectivity index (χ2n) is 4.55. The summed E-state index contributed by atoms with van der Waals surface area (Å²) in [7, 11) is 0. The molecule has 2 atom stereocenters. The number of amides is 1. The van der Waals surface area contributed by atoms with Crippen molar-refractivity contribution < 1.29 is 4.79 Å². The standard InChI is InChI=1S/C13H19N3O/c1-3-10-6-11(8-14-7-10)13(17)16-12-4-5-15-9(12)2/h6-9,12,15H,3-5H2,1-2H3,(H,16,17)/t9-,12+/m0/s1. The molecule has 0 aromatic carbocycles. The van der Waals surface area contributed by atoms with Crippen molar-refractivity contribution in [2.45, 2.75) is 38.8 Å². The lowest BCUT2D eigenvalue weighted by Crippen LogP contribution is -2.41. The highest BCUT2D eigenvalue weighted by atomic mass is 16.1. The largest absolute Gasteiger partial charge is 0.348 e. The van der Waals surface area contributed by atoms with Crippen molar-refractivity contribution in [1.29, 1.82) is 0 Å². The molecule has 2 heterocycles. The van der Waals surface area contributed by atoms with Crippen LogP contribution in [0.2, 0.25) is 0 Å². The summed E-state index contributed by atoms with van der Waals surface area (Å²) < 4.78 is 0. The number of carbonyl (C=O) groups is 1. The van der Waals surface area contributed by atoms with E-state index in [1.165, 1.54) is 0 Å². The van der Waals surface area contributed by atoms with Gasteiger partial charge in [0.15, 0.2) is 0 Å². The summed E-state index contributed by atoms with van der Waals surface area (Å²) >= 11 is 0. The van der Waals surface area contributed by atoms with Crippen LogP contribution in [0.15, 0.2) is 18.5 Å². The molecule has 1 aromatic rings. The van der Waals surface area contributed by atoms with Gasteiger partial charge in [-0.25, -0.2) is 0 Å². The van der Waals surface area contributed by atoms with E-state index in [4.69, 9.17) is 0 Å². The number of nitrogens with zero attached hydrogens (tertiary/aromatic N) is 1. The third-order valence-corrected chi connectivity index (χ3v) is 3.31. The van der Waals surface area contributed by atoms with Gasteiger partial charge in [-0.2, -0.15) is 0 Å². The Bertz CT molecular complexity index is 405. The van der Waals surface area contributed by atoms with Gasteiger partial charge in [-0.05, 0) is 37.9 Å². The van der Waals surface area contributed by atoms with Crippen molar-refractivity contribution in [3.63, 3.8) is 0 Å². The molecule has 4 heteroatoms. The van der Waals surface area contributed by atoms with Crippen LogP contribution in [0.5, 0.6) is 0 Å². The molecule has 2 N–H and O–H groups in total. The van der Waals surface area contributed by atoms with Gasteiger partial charge in [-0.3, -0.25) is 9.78 Å². The Labute approximate surface area is 102 Å². The first-order valence-corrected chi connectivity index (χ1v) is 6.19. The molecule has 0 unspecified atom stereocenters. The van der Waals surface area contributed by atoms with Crippen molar-refractivity contribution in [1.82, 2.24) is 15.6 Å². The third kappa shape index (κ3) is 2.82. The van der Waals surface area contributed by atoms with E-state index in [1.807, 2.05) is 6.07 Å². The first-order chi connectivity index (χ1) is 8.20. The van der Waals surface area contributed by atoms with Gasteiger partial charge < -0.3 is 10.6 Å². The molecule has 1 amide bonds. The first-order valence-electron chi connectivity index (χ1n) is 6.19. The fraction of sp³-hybridized carbons (Fsp3) is 0.538. The van der Waals surface area contributed by atoms with Crippen molar-refractivity contribution in [2.24, 2.45) is 0 Å². The Morgan fingerprint density at radius 2 is 2.41 bits per heavy atom. The van der Waals surface area contributed by atoms with Crippen LogP contribution in [0.25, 0.3) is 0 Å². The maximum Gasteiger partial charge on any atom is 0.253 e. The number of pyridine rings is 1. The van der Waals surface area contributed by atoms with Gasteiger partial charge in [0.1, 0.15) is 0 Å². The summed E-state index contributed by atoms with van der Waals surface area (Å²) in [5, 5.41) is 6.37. The highest BCUT2D eigenvalue weighted by Crippen LogP contribution is 2.09. The van der Waals surface area contributed by atoms with Crippen LogP contribution >= 0.6 is 0 Å². The minimum absolute atomic E-state index is 0.0200. The van der Waals surface area contributed by atoms with E-state index in [0.29, 0.717) is 11.6 Å². The molecule has 0 aliphatic carbocycles. The summed E-state index contributed by atoms with van der Waals surface area (Å²) in [6.07, 6.45) is 5.32. The van der Waals surface area contributed by atoms with E-state index in [2.05, 4.69) is 29.5 Å². The van der Waals surface area contributed by atoms with Gasteiger partial charge in [0, 0.05) is 24.5 Å². The number of hydrogen-bond donors (Lipinski definition) is 2. The van der Waals surface area contributed by atoms with Gasteiger partial charge >= 0.3 is 0 Å². The number of rotatable bonds is 3. The van der Waals surface area contributed by atoms with Crippen molar-refractivity contribution in [3.05, 3.63) is 29.6 Å². The van der Waals surface area contributed by atoms with Gasteiger partial charge in [0.2, 0.25) is 0 Å². The molecule has 17 heavy (non-hydrogen) atoms. The predicted molar refractivity (Wildman–Crippen MR) is 67.0 cm³/mol. The Morgan fingerprint density at radius 1 is 1.59 bits per heavy atom. The molecule has 1 fully saturated rings. The molecule has 0 radical (unpaired) electrons. The third-order valence-electron chi connectivity index (χ3n) is 3.31. The molecule has 0 spiro atoms. The Kier molecular flexibility index (Phi) is 3.74. The number of aromatic nitrogens is 1. The fourth-order valence-electron chi connectivity index (χ4n) is 2.11. The van der Waals surface area contributed by atoms with Crippen LogP contribution in [-0.2, 0) is 6.42 Å². The lowest BCUT2D eigenvalue weighted by Gasteiger charge is -2.16. The SMILES string of the molecule is CCc1cncc(C(=O)N[C@@H]2CCN[C@H]2C)c1. The average molecular weight is 233 g/mol. The maximum atomic E-state index is 12.0. The molecule has 4 nitrogen and oxygen atoms in total. The molecular weight excluding hydrogens is 214 g/mol. The summed E-state index contributed by atoms with van der Waals surface area (Å²) in [4.78, 5) is 16.1. The van der Waals surface area contributed by atoms with Crippen LogP contribution in [0.3, 0.4) is 0 Å². The molecule has 1 aliphatic heterocycles. The average Bonchev–Trinajstić information content (AvgIpc) is 2.75. The van der Waals surface area contributed by atoms with E-state index in [-0.39, 0.29) is 11.9 Å². The quantitative estimate of drug-likeness (QED) is 0.822. The van der Waals surface area contributed by atoms with Gasteiger partial charge in [-0.15, -0.1) is 0 Å². The molecule has 1 aromatic heterocycles. The number of aryl methyl sites for hydroxylation is 1. The Hall–Kier alpha value is -1.42. The number of hydrogen-bond acceptors (Lipinski definition) is 3. The van der Waals surface area contributed by atoms with Crippen LogP contribution in [0.1, 0.15) is 36.2 Å². The van der Waals surface area contributed by atoms with Crippen molar-refractivity contribution in [3.8, 4) is 0 Å². The highest BCUT2D eigenvalue weighted by Gasteiger charge is 2.24. The van der Waals surface area contributed by atoms with E-state index < -0.39 is 0 Å². The maximum absolute atomic E-state index is 12.0. The van der Waals surface area contributed by atoms with E-state index in [0.717, 1.165) is 24.9 Å². The second-order valence-corrected chi connectivity index (χ2v) is 4.55. The zero-order valence-electron chi connectivity index (χ0n) is 10.4. The van der Waals surface area contributed by atoms with Crippen molar-refractivity contribution in [2.75, 3.05) is 6.54 Å². The zero-order chi connectivity index (χ0) is 12.3. The van der Waals surface area contributed by atoms with Crippen LogP contribution in [0.4, 0.5) is 0 Å². The highest BCUT2D eigenvalue weighted by molar-refractivity contribution is 5.94. The van der Waals surface area contributed by atoms with Gasteiger partial charge in [0.25, 0.3) is 5.91 Å². The molecular formula is C13H19N3O. The minimum Gasteiger partial charge on any atom is -0.348 e. The molecule has 1 saturated heterocycles. The fourth-order valence-corrected chi connectivity index (χ4v) is 2.11. The Balaban J connectivity index is 2.03. The summed E-state index contributed by atoms with van der Waals surface area (Å²) in [6, 6.07) is 2.49. The van der Waals surface area contributed by atoms with E-state index in [9.17, 15) is 4.79 Å². The van der Waals surface area contributed by atoms with Gasteiger partial charge in [-0.1, -0.05) is 6.92 Å². The molecule has 1 aliphatic rings. The monoisotopic (exact) mass is 233 g/mol. The normalized spacial score (nSPS) is 23.6. The minimum atomic E-state index is -0.0200. The summed E-state index contributed by atoms with van der Waals surface area (Å²) in [5.74, 6) is -0.0200. The molecule has 0 saturated carbocycles. The van der Waals surface area contributed by atoms with E-state index in [1.54, 1.807) is 12.4 Å². The number of carbonyl (C=O) groups excluding carboxylic acids is 1. The van der Waals surface area contributed by atoms with Crippen LogP contribution < -0.4 is 10.6 Å². The predicted octanol–water partition coefficient (Wildman–Crippen LogP) is 1.12. The summed E-state index contributed by atoms with van der Waals surface area (Å²) in [5.41, 5.74) is 1.75. The Morgan fingerprint density at radius 3 is 3.06 bits per heavy atom. The van der Waals surface area contributed by atoms with Crippen molar-refractivity contribution >= 4 is 5.91 Å². The van der Waals surface area contributed by atoms with Crippen LogP contribution in [0, 0.1) is 0 Å². The first kappa shape index (κ1) is 12.0. The smallest absolute Gasteiger partial charge is 0.253 e. The second kappa shape index (κ2) is 5.27. The summed E-state index contributed by atoms with van der Waals surface area (Å²) in [6.45, 7) is 5.12.